The summed E-state index contributed by atoms with van der Waals surface area (Å²) in [6, 6.07) is 6.02. The van der Waals surface area contributed by atoms with Crippen molar-refractivity contribution in [3.05, 3.63) is 34.9 Å². The van der Waals surface area contributed by atoms with Crippen molar-refractivity contribution >= 4 is 11.5 Å². The Balaban J connectivity index is 2.44. The monoisotopic (exact) mass is 246 g/mol. The van der Waals surface area contributed by atoms with Crippen molar-refractivity contribution in [2.24, 2.45) is 5.92 Å². The average Bonchev–Trinajstić information content (AvgIpc) is 2.71. The SMILES string of the molecule is COC(=O)C(C)C1=C(C)Cc2ccc(OC)cc21. The van der Waals surface area contributed by atoms with Gasteiger partial charge in [-0.25, -0.2) is 0 Å². The number of fused-ring (bicyclic) bond motifs is 1. The Hall–Kier alpha value is -1.77. The molecule has 0 aromatic heterocycles. The van der Waals surface area contributed by atoms with Gasteiger partial charge in [-0.1, -0.05) is 11.6 Å². The first-order valence-corrected chi connectivity index (χ1v) is 6.03. The fraction of sp³-hybridized carbons (Fsp3) is 0.400. The summed E-state index contributed by atoms with van der Waals surface area (Å²) in [7, 11) is 3.08. The normalized spacial score (nSPS) is 15.3. The molecule has 96 valence electrons. The summed E-state index contributed by atoms with van der Waals surface area (Å²) >= 11 is 0. The van der Waals surface area contributed by atoms with Crippen LogP contribution in [-0.4, -0.2) is 20.2 Å². The van der Waals surface area contributed by atoms with E-state index in [1.807, 2.05) is 19.1 Å². The summed E-state index contributed by atoms with van der Waals surface area (Å²) in [5.41, 5.74) is 4.68. The number of methoxy groups -OCH3 is 2. The number of carbonyl (C=O) groups is 1. The summed E-state index contributed by atoms with van der Waals surface area (Å²) in [5.74, 6) is 0.390. The molecule has 0 spiro atoms. The molecule has 1 atom stereocenters. The van der Waals surface area contributed by atoms with Gasteiger partial charge < -0.3 is 9.47 Å². The van der Waals surface area contributed by atoms with Gasteiger partial charge in [0.15, 0.2) is 0 Å². The van der Waals surface area contributed by atoms with Crippen molar-refractivity contribution in [2.75, 3.05) is 14.2 Å². The lowest BCUT2D eigenvalue weighted by molar-refractivity contribution is -0.142. The highest BCUT2D eigenvalue weighted by Crippen LogP contribution is 2.39. The predicted octanol–water partition coefficient (Wildman–Crippen LogP) is 2.83. The zero-order valence-corrected chi connectivity index (χ0v) is 11.2. The van der Waals surface area contributed by atoms with Gasteiger partial charge in [0.25, 0.3) is 0 Å². The van der Waals surface area contributed by atoms with Crippen molar-refractivity contribution in [3.63, 3.8) is 0 Å². The van der Waals surface area contributed by atoms with Crippen molar-refractivity contribution in [2.45, 2.75) is 20.3 Å². The third-order valence-electron chi connectivity index (χ3n) is 3.51. The highest BCUT2D eigenvalue weighted by atomic mass is 16.5. The summed E-state index contributed by atoms with van der Waals surface area (Å²) in [6.07, 6.45) is 0.899. The number of ether oxygens (including phenoxy) is 2. The molecule has 3 heteroatoms. The fourth-order valence-electron chi connectivity index (χ4n) is 2.60. The second-order valence-corrected chi connectivity index (χ2v) is 4.64. The van der Waals surface area contributed by atoms with Crippen LogP contribution in [0.3, 0.4) is 0 Å². The third-order valence-corrected chi connectivity index (χ3v) is 3.51. The van der Waals surface area contributed by atoms with Gasteiger partial charge >= 0.3 is 5.97 Å². The average molecular weight is 246 g/mol. The molecular weight excluding hydrogens is 228 g/mol. The summed E-state index contributed by atoms with van der Waals surface area (Å²) < 4.78 is 10.1. The molecule has 1 aromatic rings. The number of hydrogen-bond acceptors (Lipinski definition) is 3. The molecule has 1 unspecified atom stereocenters. The van der Waals surface area contributed by atoms with Crippen LogP contribution in [0.5, 0.6) is 5.75 Å². The molecule has 1 aliphatic carbocycles. The Morgan fingerprint density at radius 1 is 1.33 bits per heavy atom. The van der Waals surface area contributed by atoms with Crippen LogP contribution in [-0.2, 0) is 16.0 Å². The number of esters is 1. The number of carbonyl (C=O) groups excluding carboxylic acids is 1. The Labute approximate surface area is 107 Å². The molecule has 0 fully saturated rings. The van der Waals surface area contributed by atoms with Crippen LogP contribution in [0.1, 0.15) is 25.0 Å². The van der Waals surface area contributed by atoms with Crippen LogP contribution in [0.15, 0.2) is 23.8 Å². The zero-order valence-electron chi connectivity index (χ0n) is 11.2. The van der Waals surface area contributed by atoms with Crippen LogP contribution in [0.4, 0.5) is 0 Å². The standard InChI is InChI=1S/C15H18O3/c1-9-7-11-5-6-12(17-3)8-13(11)14(9)10(2)15(16)18-4/h5-6,8,10H,7H2,1-4H3. The van der Waals surface area contributed by atoms with Crippen LogP contribution < -0.4 is 4.74 Å². The van der Waals surface area contributed by atoms with E-state index in [9.17, 15) is 4.79 Å². The number of allylic oxidation sites excluding steroid dienone is 1. The molecule has 2 rings (SSSR count). The number of benzene rings is 1. The van der Waals surface area contributed by atoms with Crippen LogP contribution >= 0.6 is 0 Å². The molecule has 1 aliphatic rings. The number of hydrogen-bond donors (Lipinski definition) is 0. The van der Waals surface area contributed by atoms with E-state index < -0.39 is 0 Å². The van der Waals surface area contributed by atoms with E-state index in [-0.39, 0.29) is 11.9 Å². The molecule has 0 N–H and O–H groups in total. The Kier molecular flexibility index (Phi) is 3.41. The van der Waals surface area contributed by atoms with Crippen molar-refractivity contribution < 1.29 is 14.3 Å². The second-order valence-electron chi connectivity index (χ2n) is 4.64. The first-order valence-electron chi connectivity index (χ1n) is 6.03. The highest BCUT2D eigenvalue weighted by Gasteiger charge is 2.28. The summed E-state index contributed by atoms with van der Waals surface area (Å²) in [5, 5.41) is 0. The number of rotatable bonds is 3. The van der Waals surface area contributed by atoms with Crippen LogP contribution in [0.2, 0.25) is 0 Å². The lowest BCUT2D eigenvalue weighted by Gasteiger charge is -2.14. The van der Waals surface area contributed by atoms with E-state index in [0.29, 0.717) is 0 Å². The van der Waals surface area contributed by atoms with Gasteiger partial charge in [-0.3, -0.25) is 4.79 Å². The van der Waals surface area contributed by atoms with Crippen LogP contribution in [0.25, 0.3) is 5.57 Å². The molecule has 0 bridgehead atoms. The minimum absolute atomic E-state index is 0.194. The van der Waals surface area contributed by atoms with Crippen molar-refractivity contribution in [1.82, 2.24) is 0 Å². The maximum atomic E-state index is 11.7. The van der Waals surface area contributed by atoms with Gasteiger partial charge in [0.1, 0.15) is 5.75 Å². The lowest BCUT2D eigenvalue weighted by atomic mass is 9.93. The van der Waals surface area contributed by atoms with Gasteiger partial charge in [-0.15, -0.1) is 0 Å². The molecular formula is C15H18O3. The van der Waals surface area contributed by atoms with E-state index in [1.54, 1.807) is 7.11 Å². The van der Waals surface area contributed by atoms with E-state index in [1.165, 1.54) is 18.2 Å². The zero-order chi connectivity index (χ0) is 13.3. The second kappa shape index (κ2) is 4.84. The summed E-state index contributed by atoms with van der Waals surface area (Å²) in [4.78, 5) is 11.7. The largest absolute Gasteiger partial charge is 0.497 e. The maximum absolute atomic E-state index is 11.7. The van der Waals surface area contributed by atoms with E-state index >= 15 is 0 Å². The van der Waals surface area contributed by atoms with Crippen LogP contribution in [0, 0.1) is 5.92 Å². The first kappa shape index (κ1) is 12.7. The van der Waals surface area contributed by atoms with Gasteiger partial charge in [-0.2, -0.15) is 0 Å². The minimum atomic E-state index is -0.233. The fourth-order valence-corrected chi connectivity index (χ4v) is 2.60. The Morgan fingerprint density at radius 3 is 2.67 bits per heavy atom. The van der Waals surface area contributed by atoms with Gasteiger partial charge in [0, 0.05) is 0 Å². The molecule has 0 saturated heterocycles. The molecule has 0 saturated carbocycles. The quantitative estimate of drug-likeness (QED) is 0.769. The van der Waals surface area contributed by atoms with Gasteiger partial charge in [0.05, 0.1) is 20.1 Å². The minimum Gasteiger partial charge on any atom is -0.497 e. The Morgan fingerprint density at radius 2 is 2.06 bits per heavy atom. The van der Waals surface area contributed by atoms with E-state index in [4.69, 9.17) is 9.47 Å². The third kappa shape index (κ3) is 2.01. The van der Waals surface area contributed by atoms with Gasteiger partial charge in [-0.05, 0) is 49.1 Å². The first-order chi connectivity index (χ1) is 8.58. The van der Waals surface area contributed by atoms with E-state index in [0.717, 1.165) is 23.3 Å². The molecule has 0 radical (unpaired) electrons. The molecule has 0 aliphatic heterocycles. The van der Waals surface area contributed by atoms with Gasteiger partial charge in [0.2, 0.25) is 0 Å². The predicted molar refractivity (Wildman–Crippen MR) is 70.5 cm³/mol. The Bertz CT molecular complexity index is 514. The summed E-state index contributed by atoms with van der Waals surface area (Å²) in [6.45, 7) is 3.96. The van der Waals surface area contributed by atoms with Crippen molar-refractivity contribution in [3.8, 4) is 5.75 Å². The topological polar surface area (TPSA) is 35.5 Å². The van der Waals surface area contributed by atoms with E-state index in [2.05, 4.69) is 13.0 Å². The van der Waals surface area contributed by atoms with Crippen molar-refractivity contribution in [1.29, 1.82) is 0 Å². The molecule has 18 heavy (non-hydrogen) atoms. The molecule has 1 aromatic carbocycles. The molecule has 3 nitrogen and oxygen atoms in total. The highest BCUT2D eigenvalue weighted by molar-refractivity contribution is 5.92. The smallest absolute Gasteiger partial charge is 0.312 e. The maximum Gasteiger partial charge on any atom is 0.312 e. The molecule has 0 amide bonds. The molecule has 0 heterocycles. The lowest BCUT2D eigenvalue weighted by Crippen LogP contribution is -2.14.